The molecule has 0 aliphatic carbocycles. The van der Waals surface area contributed by atoms with Crippen LogP contribution in [0.15, 0.2) is 43.0 Å². The largest absolute Gasteiger partial charge is 0.306 e. The number of pyridine rings is 2. The molecule has 6 nitrogen and oxygen atoms in total. The number of ketones is 1. The maximum absolute atomic E-state index is 12.6. The molecule has 0 saturated carbocycles. The SMILES string of the molecule is CN1CCC(C(=O)Cc2cc3nc(-c4cnccn4)ccc3cn2)CC1. The van der Waals surface area contributed by atoms with Gasteiger partial charge in [0.15, 0.2) is 0 Å². The van der Waals surface area contributed by atoms with E-state index < -0.39 is 0 Å². The van der Waals surface area contributed by atoms with Crippen LogP contribution in [0.3, 0.4) is 0 Å². The summed E-state index contributed by atoms with van der Waals surface area (Å²) in [6, 6.07) is 5.81. The zero-order valence-electron chi connectivity index (χ0n) is 14.8. The Morgan fingerprint density at radius 2 is 1.96 bits per heavy atom. The van der Waals surface area contributed by atoms with Gasteiger partial charge in [-0.2, -0.15) is 0 Å². The van der Waals surface area contributed by atoms with Crippen LogP contribution < -0.4 is 0 Å². The van der Waals surface area contributed by atoms with Gasteiger partial charge in [-0.1, -0.05) is 0 Å². The summed E-state index contributed by atoms with van der Waals surface area (Å²) in [6.07, 6.45) is 9.04. The fraction of sp³-hybridized carbons (Fsp3) is 0.350. The summed E-state index contributed by atoms with van der Waals surface area (Å²) >= 11 is 0. The lowest BCUT2D eigenvalue weighted by atomic mass is 9.90. The van der Waals surface area contributed by atoms with Crippen molar-refractivity contribution in [2.24, 2.45) is 5.92 Å². The lowest BCUT2D eigenvalue weighted by Gasteiger charge is -2.27. The van der Waals surface area contributed by atoms with Crippen molar-refractivity contribution in [1.82, 2.24) is 24.8 Å². The second-order valence-corrected chi connectivity index (χ2v) is 6.88. The average Bonchev–Trinajstić information content (AvgIpc) is 2.68. The van der Waals surface area contributed by atoms with Crippen molar-refractivity contribution in [3.63, 3.8) is 0 Å². The third kappa shape index (κ3) is 3.60. The molecule has 0 atom stereocenters. The number of rotatable bonds is 4. The van der Waals surface area contributed by atoms with Gasteiger partial charge in [-0.15, -0.1) is 0 Å². The highest BCUT2D eigenvalue weighted by Crippen LogP contribution is 2.21. The Bertz CT molecular complexity index is 920. The van der Waals surface area contributed by atoms with Gasteiger partial charge in [0.2, 0.25) is 0 Å². The van der Waals surface area contributed by atoms with Gasteiger partial charge >= 0.3 is 0 Å². The van der Waals surface area contributed by atoms with E-state index >= 15 is 0 Å². The molecule has 3 aromatic heterocycles. The molecule has 3 aromatic rings. The Morgan fingerprint density at radius 3 is 2.73 bits per heavy atom. The molecule has 0 bridgehead atoms. The number of aromatic nitrogens is 4. The van der Waals surface area contributed by atoms with E-state index in [1.807, 2.05) is 18.2 Å². The van der Waals surface area contributed by atoms with Gasteiger partial charge in [-0.3, -0.25) is 19.7 Å². The topological polar surface area (TPSA) is 71.9 Å². The fourth-order valence-electron chi connectivity index (χ4n) is 3.38. The molecule has 1 aliphatic rings. The molecule has 132 valence electrons. The van der Waals surface area contributed by atoms with Crippen molar-refractivity contribution in [3.05, 3.63) is 48.7 Å². The average molecular weight is 347 g/mol. The number of hydrogen-bond acceptors (Lipinski definition) is 6. The number of fused-ring (bicyclic) bond motifs is 1. The number of hydrogen-bond donors (Lipinski definition) is 0. The molecule has 1 fully saturated rings. The van der Waals surface area contributed by atoms with Crippen molar-refractivity contribution >= 4 is 16.7 Å². The van der Waals surface area contributed by atoms with E-state index in [0.717, 1.165) is 53.9 Å². The third-order valence-corrected chi connectivity index (χ3v) is 4.99. The van der Waals surface area contributed by atoms with Crippen molar-refractivity contribution in [3.8, 4) is 11.4 Å². The Kier molecular flexibility index (Phi) is 4.67. The highest BCUT2D eigenvalue weighted by molar-refractivity contribution is 5.85. The van der Waals surface area contributed by atoms with Gasteiger partial charge in [0, 0.05) is 42.0 Å². The highest BCUT2D eigenvalue weighted by atomic mass is 16.1. The molecule has 0 spiro atoms. The van der Waals surface area contributed by atoms with Crippen LogP contribution in [0, 0.1) is 5.92 Å². The number of carbonyl (C=O) groups is 1. The molecule has 6 heteroatoms. The van der Waals surface area contributed by atoms with Crippen LogP contribution in [0.25, 0.3) is 22.3 Å². The van der Waals surface area contributed by atoms with Crippen molar-refractivity contribution in [1.29, 1.82) is 0 Å². The molecular weight excluding hydrogens is 326 g/mol. The molecule has 1 aliphatic heterocycles. The van der Waals surface area contributed by atoms with Crippen molar-refractivity contribution in [2.45, 2.75) is 19.3 Å². The molecule has 0 amide bonds. The molecule has 0 aromatic carbocycles. The van der Waals surface area contributed by atoms with Crippen molar-refractivity contribution < 1.29 is 4.79 Å². The first kappa shape index (κ1) is 16.7. The molecule has 26 heavy (non-hydrogen) atoms. The van der Waals surface area contributed by atoms with Gasteiger partial charge in [0.25, 0.3) is 0 Å². The second-order valence-electron chi connectivity index (χ2n) is 6.88. The summed E-state index contributed by atoms with van der Waals surface area (Å²) in [5.74, 6) is 0.442. The molecule has 0 radical (unpaired) electrons. The summed E-state index contributed by atoms with van der Waals surface area (Å²) in [7, 11) is 2.10. The highest BCUT2D eigenvalue weighted by Gasteiger charge is 2.23. The van der Waals surface area contributed by atoms with Crippen LogP contribution >= 0.6 is 0 Å². The lowest BCUT2D eigenvalue weighted by molar-refractivity contribution is -0.123. The Labute approximate surface area is 152 Å². The monoisotopic (exact) mass is 347 g/mol. The zero-order valence-corrected chi connectivity index (χ0v) is 14.8. The maximum atomic E-state index is 12.6. The predicted molar refractivity (Wildman–Crippen MR) is 99.5 cm³/mol. The zero-order chi connectivity index (χ0) is 17.9. The minimum Gasteiger partial charge on any atom is -0.306 e. The van der Waals surface area contributed by atoms with Crippen LogP contribution in [0.1, 0.15) is 18.5 Å². The summed E-state index contributed by atoms with van der Waals surface area (Å²) in [5.41, 5.74) is 3.11. The molecule has 0 N–H and O–H groups in total. The molecule has 1 saturated heterocycles. The van der Waals surface area contributed by atoms with Crippen LogP contribution in [0.4, 0.5) is 0 Å². The van der Waals surface area contributed by atoms with E-state index in [0.29, 0.717) is 6.42 Å². The maximum Gasteiger partial charge on any atom is 0.142 e. The Hall–Kier alpha value is -2.73. The van der Waals surface area contributed by atoms with Gasteiger partial charge in [-0.25, -0.2) is 4.98 Å². The van der Waals surface area contributed by atoms with Gasteiger partial charge in [-0.05, 0) is 51.2 Å². The lowest BCUT2D eigenvalue weighted by Crippen LogP contribution is -2.34. The predicted octanol–water partition coefficient (Wildman–Crippen LogP) is 2.54. The third-order valence-electron chi connectivity index (χ3n) is 4.99. The van der Waals surface area contributed by atoms with E-state index in [-0.39, 0.29) is 11.7 Å². The first-order valence-electron chi connectivity index (χ1n) is 8.92. The molecule has 0 unspecified atom stereocenters. The first-order valence-corrected chi connectivity index (χ1v) is 8.92. The molecule has 4 heterocycles. The van der Waals surface area contributed by atoms with Crippen LogP contribution in [0.5, 0.6) is 0 Å². The standard InChI is InChI=1S/C20H21N5O/c1-25-8-4-14(5-9-25)20(26)11-16-10-18-15(12-23-16)2-3-17(24-18)19-13-21-6-7-22-19/h2-3,6-7,10,12-14H,4-5,8-9,11H2,1H3. The summed E-state index contributed by atoms with van der Waals surface area (Å²) in [5, 5.41) is 0.952. The van der Waals surface area contributed by atoms with Gasteiger partial charge < -0.3 is 4.90 Å². The first-order chi connectivity index (χ1) is 12.7. The molecular formula is C20H21N5O. The summed E-state index contributed by atoms with van der Waals surface area (Å²) < 4.78 is 0. The van der Waals surface area contributed by atoms with E-state index in [1.54, 1.807) is 24.8 Å². The van der Waals surface area contributed by atoms with Crippen LogP contribution in [-0.2, 0) is 11.2 Å². The normalized spacial score (nSPS) is 16.0. The van der Waals surface area contributed by atoms with Gasteiger partial charge in [0.1, 0.15) is 11.5 Å². The number of likely N-dealkylation sites (tertiary alicyclic amines) is 1. The van der Waals surface area contributed by atoms with E-state index in [2.05, 4.69) is 31.9 Å². The number of carbonyl (C=O) groups excluding carboxylic acids is 1. The Morgan fingerprint density at radius 1 is 1.12 bits per heavy atom. The number of nitrogens with zero attached hydrogens (tertiary/aromatic N) is 5. The minimum absolute atomic E-state index is 0.155. The molecule has 4 rings (SSSR count). The summed E-state index contributed by atoms with van der Waals surface area (Å²) in [4.78, 5) is 32.4. The van der Waals surface area contributed by atoms with Gasteiger partial charge in [0.05, 0.1) is 17.4 Å². The fourth-order valence-corrected chi connectivity index (χ4v) is 3.38. The van der Waals surface area contributed by atoms with Crippen LogP contribution in [-0.4, -0.2) is 50.8 Å². The van der Waals surface area contributed by atoms with E-state index in [4.69, 9.17) is 0 Å². The number of Topliss-reactive ketones (excluding diaryl/α,β-unsaturated/α-hetero) is 1. The van der Waals surface area contributed by atoms with E-state index in [1.165, 1.54) is 0 Å². The second kappa shape index (κ2) is 7.25. The van der Waals surface area contributed by atoms with Crippen LogP contribution in [0.2, 0.25) is 0 Å². The van der Waals surface area contributed by atoms with E-state index in [9.17, 15) is 4.79 Å². The van der Waals surface area contributed by atoms with Crippen molar-refractivity contribution in [2.75, 3.05) is 20.1 Å². The number of piperidine rings is 1. The summed E-state index contributed by atoms with van der Waals surface area (Å²) in [6.45, 7) is 1.98. The minimum atomic E-state index is 0.155. The quantitative estimate of drug-likeness (QED) is 0.722. The smallest absolute Gasteiger partial charge is 0.142 e. The Balaban J connectivity index is 1.55.